The van der Waals surface area contributed by atoms with Crippen molar-refractivity contribution in [3.8, 4) is 5.75 Å². The van der Waals surface area contributed by atoms with Gasteiger partial charge < -0.3 is 10.1 Å². The Morgan fingerprint density at radius 2 is 1.91 bits per heavy atom. The standard InChI is InChI=1S/C18H25N3O2/c1-12(2)7-15-11-17(21-20-15)18(22)19-5-6-23-16-9-13(3)8-14(4)10-16/h8-12H,5-7H2,1-4H3,(H,19,22)(H,20,21). The van der Waals surface area contributed by atoms with Crippen LogP contribution in [0.3, 0.4) is 0 Å². The Balaban J connectivity index is 1.77. The minimum absolute atomic E-state index is 0.180. The Morgan fingerprint density at radius 3 is 2.57 bits per heavy atom. The lowest BCUT2D eigenvalue weighted by atomic mass is 10.1. The van der Waals surface area contributed by atoms with Gasteiger partial charge in [-0.2, -0.15) is 5.10 Å². The first-order valence-electron chi connectivity index (χ1n) is 7.97. The maximum Gasteiger partial charge on any atom is 0.271 e. The molecule has 0 spiro atoms. The van der Waals surface area contributed by atoms with Crippen LogP contribution in [0.4, 0.5) is 0 Å². The fraction of sp³-hybridized carbons (Fsp3) is 0.444. The van der Waals surface area contributed by atoms with Gasteiger partial charge in [-0.25, -0.2) is 0 Å². The third-order valence-electron chi connectivity index (χ3n) is 3.34. The SMILES string of the molecule is Cc1cc(C)cc(OCCNC(=O)c2cc(CC(C)C)[nH]n2)c1. The Labute approximate surface area is 137 Å². The molecule has 0 unspecified atom stereocenters. The van der Waals surface area contributed by atoms with E-state index >= 15 is 0 Å². The van der Waals surface area contributed by atoms with Gasteiger partial charge in [-0.05, 0) is 55.5 Å². The number of ether oxygens (including phenoxy) is 1. The van der Waals surface area contributed by atoms with Crippen molar-refractivity contribution < 1.29 is 9.53 Å². The number of aromatic nitrogens is 2. The second-order valence-corrected chi connectivity index (χ2v) is 6.30. The smallest absolute Gasteiger partial charge is 0.271 e. The molecule has 0 saturated heterocycles. The zero-order valence-corrected chi connectivity index (χ0v) is 14.3. The fourth-order valence-electron chi connectivity index (χ4n) is 2.46. The molecule has 5 heteroatoms. The number of nitrogens with zero attached hydrogens (tertiary/aromatic N) is 1. The number of benzene rings is 1. The molecule has 0 aliphatic carbocycles. The van der Waals surface area contributed by atoms with Gasteiger partial charge in [0.1, 0.15) is 18.1 Å². The summed E-state index contributed by atoms with van der Waals surface area (Å²) in [5, 5.41) is 9.77. The van der Waals surface area contributed by atoms with E-state index in [-0.39, 0.29) is 5.91 Å². The van der Waals surface area contributed by atoms with Crippen LogP contribution in [0.5, 0.6) is 5.75 Å². The maximum absolute atomic E-state index is 12.0. The minimum atomic E-state index is -0.180. The number of aryl methyl sites for hydroxylation is 2. The number of aromatic amines is 1. The Kier molecular flexibility index (Phi) is 5.79. The van der Waals surface area contributed by atoms with Crippen molar-refractivity contribution >= 4 is 5.91 Å². The maximum atomic E-state index is 12.0. The molecule has 1 aromatic carbocycles. The second-order valence-electron chi connectivity index (χ2n) is 6.30. The molecule has 1 heterocycles. The molecule has 1 aromatic heterocycles. The predicted octanol–water partition coefficient (Wildman–Crippen LogP) is 3.03. The molecule has 0 fully saturated rings. The summed E-state index contributed by atoms with van der Waals surface area (Å²) in [6, 6.07) is 7.88. The third kappa shape index (κ3) is 5.43. The molecule has 5 nitrogen and oxygen atoms in total. The third-order valence-corrected chi connectivity index (χ3v) is 3.34. The van der Waals surface area contributed by atoms with Crippen LogP contribution >= 0.6 is 0 Å². The zero-order valence-electron chi connectivity index (χ0n) is 14.3. The van der Waals surface area contributed by atoms with Crippen molar-refractivity contribution in [1.82, 2.24) is 15.5 Å². The number of carbonyl (C=O) groups is 1. The first kappa shape index (κ1) is 17.1. The van der Waals surface area contributed by atoms with Crippen molar-refractivity contribution in [3.05, 3.63) is 46.8 Å². The summed E-state index contributed by atoms with van der Waals surface area (Å²) in [6.07, 6.45) is 0.885. The molecule has 0 aliphatic rings. The summed E-state index contributed by atoms with van der Waals surface area (Å²) in [4.78, 5) is 12.0. The molecular formula is C18H25N3O2. The van der Waals surface area contributed by atoms with E-state index in [1.54, 1.807) is 6.07 Å². The zero-order chi connectivity index (χ0) is 16.8. The van der Waals surface area contributed by atoms with E-state index in [1.165, 1.54) is 11.1 Å². The second kappa shape index (κ2) is 7.81. The molecule has 0 aliphatic heterocycles. The van der Waals surface area contributed by atoms with Crippen molar-refractivity contribution in [2.24, 2.45) is 5.92 Å². The van der Waals surface area contributed by atoms with Crippen LogP contribution in [-0.2, 0) is 6.42 Å². The van der Waals surface area contributed by atoms with E-state index in [2.05, 4.69) is 35.4 Å². The highest BCUT2D eigenvalue weighted by Crippen LogP contribution is 2.15. The quantitative estimate of drug-likeness (QED) is 0.772. The molecular weight excluding hydrogens is 290 g/mol. The van der Waals surface area contributed by atoms with Crippen molar-refractivity contribution in [2.75, 3.05) is 13.2 Å². The Hall–Kier alpha value is -2.30. The first-order chi connectivity index (χ1) is 10.9. The molecule has 23 heavy (non-hydrogen) atoms. The van der Waals surface area contributed by atoms with Crippen LogP contribution in [0.2, 0.25) is 0 Å². The Bertz CT molecular complexity index is 642. The van der Waals surface area contributed by atoms with E-state index < -0.39 is 0 Å². The average molecular weight is 315 g/mol. The highest BCUT2D eigenvalue weighted by Gasteiger charge is 2.10. The summed E-state index contributed by atoms with van der Waals surface area (Å²) in [7, 11) is 0. The lowest BCUT2D eigenvalue weighted by Crippen LogP contribution is -2.28. The van der Waals surface area contributed by atoms with Gasteiger partial charge in [-0.1, -0.05) is 19.9 Å². The summed E-state index contributed by atoms with van der Waals surface area (Å²) in [6.45, 7) is 9.20. The monoisotopic (exact) mass is 315 g/mol. The largest absolute Gasteiger partial charge is 0.492 e. The summed E-state index contributed by atoms with van der Waals surface area (Å²) in [5.74, 6) is 1.17. The average Bonchev–Trinajstić information content (AvgIpc) is 2.90. The van der Waals surface area contributed by atoms with Crippen LogP contribution < -0.4 is 10.1 Å². The van der Waals surface area contributed by atoms with Gasteiger partial charge in [-0.3, -0.25) is 9.89 Å². The van der Waals surface area contributed by atoms with Gasteiger partial charge in [-0.15, -0.1) is 0 Å². The van der Waals surface area contributed by atoms with Crippen molar-refractivity contribution in [2.45, 2.75) is 34.1 Å². The number of hydrogen-bond acceptors (Lipinski definition) is 3. The summed E-state index contributed by atoms with van der Waals surface area (Å²) >= 11 is 0. The molecule has 124 valence electrons. The van der Waals surface area contributed by atoms with Crippen LogP contribution in [-0.4, -0.2) is 29.3 Å². The first-order valence-corrected chi connectivity index (χ1v) is 7.97. The van der Waals surface area contributed by atoms with Crippen molar-refractivity contribution in [3.63, 3.8) is 0 Å². The number of carbonyl (C=O) groups excluding carboxylic acids is 1. The summed E-state index contributed by atoms with van der Waals surface area (Å²) < 4.78 is 5.67. The lowest BCUT2D eigenvalue weighted by Gasteiger charge is -2.08. The highest BCUT2D eigenvalue weighted by molar-refractivity contribution is 5.92. The molecule has 0 atom stereocenters. The van der Waals surface area contributed by atoms with Gasteiger partial charge in [0.2, 0.25) is 0 Å². The van der Waals surface area contributed by atoms with Gasteiger partial charge in [0.05, 0.1) is 6.54 Å². The normalized spacial score (nSPS) is 10.8. The van der Waals surface area contributed by atoms with Gasteiger partial charge in [0, 0.05) is 5.69 Å². The van der Waals surface area contributed by atoms with Gasteiger partial charge >= 0.3 is 0 Å². The minimum Gasteiger partial charge on any atom is -0.492 e. The molecule has 2 rings (SSSR count). The predicted molar refractivity (Wildman–Crippen MR) is 90.9 cm³/mol. The Morgan fingerprint density at radius 1 is 1.22 bits per heavy atom. The molecule has 0 saturated carbocycles. The van der Waals surface area contributed by atoms with E-state index in [0.29, 0.717) is 24.8 Å². The van der Waals surface area contributed by atoms with Gasteiger partial charge in [0.25, 0.3) is 5.91 Å². The number of hydrogen-bond donors (Lipinski definition) is 2. The number of amides is 1. The molecule has 1 amide bonds. The van der Waals surface area contributed by atoms with E-state index in [4.69, 9.17) is 4.74 Å². The lowest BCUT2D eigenvalue weighted by molar-refractivity contribution is 0.0942. The highest BCUT2D eigenvalue weighted by atomic mass is 16.5. The van der Waals surface area contributed by atoms with E-state index in [9.17, 15) is 4.79 Å². The number of nitrogens with one attached hydrogen (secondary N) is 2. The van der Waals surface area contributed by atoms with Crippen LogP contribution in [0.15, 0.2) is 24.3 Å². The fourth-order valence-corrected chi connectivity index (χ4v) is 2.46. The van der Waals surface area contributed by atoms with Crippen molar-refractivity contribution in [1.29, 1.82) is 0 Å². The molecule has 2 N–H and O–H groups in total. The van der Waals surface area contributed by atoms with Crippen LogP contribution in [0, 0.1) is 19.8 Å². The molecule has 0 bridgehead atoms. The van der Waals surface area contributed by atoms with E-state index in [0.717, 1.165) is 17.9 Å². The van der Waals surface area contributed by atoms with E-state index in [1.807, 2.05) is 26.0 Å². The summed E-state index contributed by atoms with van der Waals surface area (Å²) in [5.41, 5.74) is 3.74. The van der Waals surface area contributed by atoms with Crippen LogP contribution in [0.25, 0.3) is 0 Å². The molecule has 0 radical (unpaired) electrons. The molecule has 2 aromatic rings. The number of rotatable bonds is 7. The number of H-pyrrole nitrogens is 1. The topological polar surface area (TPSA) is 67.0 Å². The van der Waals surface area contributed by atoms with Crippen LogP contribution in [0.1, 0.15) is 41.2 Å². The van der Waals surface area contributed by atoms with Gasteiger partial charge in [0.15, 0.2) is 0 Å².